The Morgan fingerprint density at radius 2 is 1.65 bits per heavy atom. The molecule has 0 radical (unpaired) electrons. The van der Waals surface area contributed by atoms with Crippen molar-refractivity contribution < 1.29 is 14.7 Å². The Morgan fingerprint density at radius 3 is 2.35 bits per heavy atom. The second-order valence-electron chi connectivity index (χ2n) is 5.12. The van der Waals surface area contributed by atoms with Crippen LogP contribution in [0.3, 0.4) is 0 Å². The first-order valence-electron chi connectivity index (χ1n) is 6.97. The number of para-hydroxylation sites is 1. The average Bonchev–Trinajstić information content (AvgIpc) is 2.54. The second-order valence-corrected chi connectivity index (χ2v) is 5.12. The van der Waals surface area contributed by atoms with Gasteiger partial charge in [-0.25, -0.2) is 0 Å². The largest absolute Gasteiger partial charge is 0.507 e. The third kappa shape index (κ3) is 2.98. The maximum atomic E-state index is 12.3. The predicted octanol–water partition coefficient (Wildman–Crippen LogP) is 2.90. The van der Waals surface area contributed by atoms with Crippen molar-refractivity contribution in [1.82, 2.24) is 0 Å². The highest BCUT2D eigenvalue weighted by Gasteiger charge is 2.13. The maximum Gasteiger partial charge on any atom is 0.259 e. The Morgan fingerprint density at radius 1 is 0.913 bits per heavy atom. The van der Waals surface area contributed by atoms with E-state index in [4.69, 9.17) is 5.73 Å². The van der Waals surface area contributed by atoms with E-state index in [9.17, 15) is 14.7 Å². The molecule has 3 rings (SSSR count). The lowest BCUT2D eigenvalue weighted by Gasteiger charge is -2.09. The lowest BCUT2D eigenvalue weighted by atomic mass is 10.0. The molecule has 2 amide bonds. The topological polar surface area (TPSA) is 92.4 Å². The molecule has 5 heteroatoms. The number of primary amides is 1. The highest BCUT2D eigenvalue weighted by Crippen LogP contribution is 2.26. The summed E-state index contributed by atoms with van der Waals surface area (Å²) in [6.07, 6.45) is 0. The van der Waals surface area contributed by atoms with Crippen LogP contribution >= 0.6 is 0 Å². The number of carbonyl (C=O) groups is 2. The standard InChI is InChI=1S/C18H14N2O3/c19-17(22)12-7-6-11-10-16(21)15(9-13(11)8-12)18(23)20-14-4-2-1-3-5-14/h1-10,21H,(H2,19,22)(H,20,23). The summed E-state index contributed by atoms with van der Waals surface area (Å²) in [7, 11) is 0. The molecule has 0 saturated carbocycles. The molecule has 0 aliphatic heterocycles. The molecule has 0 bridgehead atoms. The Bertz CT molecular complexity index is 905. The average molecular weight is 306 g/mol. The van der Waals surface area contributed by atoms with Crippen molar-refractivity contribution in [2.45, 2.75) is 0 Å². The summed E-state index contributed by atoms with van der Waals surface area (Å²) in [6.45, 7) is 0. The minimum absolute atomic E-state index is 0.127. The summed E-state index contributed by atoms with van der Waals surface area (Å²) in [4.78, 5) is 23.6. The van der Waals surface area contributed by atoms with Gasteiger partial charge in [-0.15, -0.1) is 0 Å². The van der Waals surface area contributed by atoms with Gasteiger partial charge in [0.1, 0.15) is 5.75 Å². The van der Waals surface area contributed by atoms with E-state index in [1.165, 1.54) is 12.1 Å². The number of hydrogen-bond acceptors (Lipinski definition) is 3. The van der Waals surface area contributed by atoms with Gasteiger partial charge >= 0.3 is 0 Å². The third-order valence-corrected chi connectivity index (χ3v) is 3.52. The van der Waals surface area contributed by atoms with Gasteiger partial charge in [0.2, 0.25) is 5.91 Å². The van der Waals surface area contributed by atoms with Crippen molar-refractivity contribution in [3.05, 3.63) is 71.8 Å². The molecule has 0 fully saturated rings. The van der Waals surface area contributed by atoms with Gasteiger partial charge in [-0.2, -0.15) is 0 Å². The molecular formula is C18H14N2O3. The van der Waals surface area contributed by atoms with Crippen molar-refractivity contribution in [2.75, 3.05) is 5.32 Å². The number of amides is 2. The summed E-state index contributed by atoms with van der Waals surface area (Å²) < 4.78 is 0. The number of aromatic hydroxyl groups is 1. The van der Waals surface area contributed by atoms with E-state index in [1.807, 2.05) is 6.07 Å². The number of carbonyl (C=O) groups excluding carboxylic acids is 2. The number of hydrogen-bond donors (Lipinski definition) is 3. The van der Waals surface area contributed by atoms with Gasteiger partial charge in [0.05, 0.1) is 5.56 Å². The van der Waals surface area contributed by atoms with Crippen molar-refractivity contribution in [2.24, 2.45) is 5.73 Å². The zero-order chi connectivity index (χ0) is 16.4. The van der Waals surface area contributed by atoms with Crippen molar-refractivity contribution >= 4 is 28.3 Å². The van der Waals surface area contributed by atoms with Crippen LogP contribution in [-0.2, 0) is 0 Å². The van der Waals surface area contributed by atoms with Crippen LogP contribution in [0, 0.1) is 0 Å². The van der Waals surface area contributed by atoms with Crippen LogP contribution in [0.2, 0.25) is 0 Å². The molecule has 0 atom stereocenters. The lowest BCUT2D eigenvalue weighted by Crippen LogP contribution is -2.12. The number of rotatable bonds is 3. The van der Waals surface area contributed by atoms with Gasteiger partial charge in [0.25, 0.3) is 5.91 Å². The number of phenols is 1. The van der Waals surface area contributed by atoms with Crippen LogP contribution < -0.4 is 11.1 Å². The normalized spacial score (nSPS) is 10.4. The monoisotopic (exact) mass is 306 g/mol. The first kappa shape index (κ1) is 14.6. The van der Waals surface area contributed by atoms with Gasteiger partial charge in [-0.3, -0.25) is 9.59 Å². The van der Waals surface area contributed by atoms with Gasteiger partial charge in [0, 0.05) is 11.3 Å². The Balaban J connectivity index is 2.01. The van der Waals surface area contributed by atoms with E-state index in [0.29, 0.717) is 22.0 Å². The minimum Gasteiger partial charge on any atom is -0.507 e. The molecule has 3 aromatic rings. The van der Waals surface area contributed by atoms with Crippen molar-refractivity contribution in [1.29, 1.82) is 0 Å². The molecule has 0 saturated heterocycles. The van der Waals surface area contributed by atoms with Crippen LogP contribution in [0.1, 0.15) is 20.7 Å². The molecule has 23 heavy (non-hydrogen) atoms. The fourth-order valence-electron chi connectivity index (χ4n) is 2.34. The zero-order valence-corrected chi connectivity index (χ0v) is 12.1. The van der Waals surface area contributed by atoms with E-state index in [0.717, 1.165) is 0 Å². The molecule has 0 spiro atoms. The smallest absolute Gasteiger partial charge is 0.259 e. The maximum absolute atomic E-state index is 12.3. The van der Waals surface area contributed by atoms with Crippen LogP contribution in [0.15, 0.2) is 60.7 Å². The molecule has 3 aromatic carbocycles. The highest BCUT2D eigenvalue weighted by atomic mass is 16.3. The molecule has 4 N–H and O–H groups in total. The summed E-state index contributed by atoms with van der Waals surface area (Å²) in [5.41, 5.74) is 6.37. The van der Waals surface area contributed by atoms with Gasteiger partial charge in [0.15, 0.2) is 0 Å². The molecule has 5 nitrogen and oxygen atoms in total. The SMILES string of the molecule is NC(=O)c1ccc2cc(O)c(C(=O)Nc3ccccc3)cc2c1. The fourth-order valence-corrected chi connectivity index (χ4v) is 2.34. The van der Waals surface area contributed by atoms with E-state index in [-0.39, 0.29) is 11.3 Å². The van der Waals surface area contributed by atoms with Gasteiger partial charge < -0.3 is 16.2 Å². The zero-order valence-electron chi connectivity index (χ0n) is 12.1. The van der Waals surface area contributed by atoms with E-state index < -0.39 is 11.8 Å². The summed E-state index contributed by atoms with van der Waals surface area (Å²) in [6, 6.07) is 16.8. The van der Waals surface area contributed by atoms with Crippen LogP contribution in [0.4, 0.5) is 5.69 Å². The van der Waals surface area contributed by atoms with Crippen LogP contribution in [0.25, 0.3) is 10.8 Å². The molecule has 0 aromatic heterocycles. The first-order valence-corrected chi connectivity index (χ1v) is 6.97. The summed E-state index contributed by atoms with van der Waals surface area (Å²) >= 11 is 0. The van der Waals surface area contributed by atoms with Gasteiger partial charge in [-0.1, -0.05) is 24.3 Å². The van der Waals surface area contributed by atoms with Crippen LogP contribution in [-0.4, -0.2) is 16.9 Å². The first-order chi connectivity index (χ1) is 11.0. The lowest BCUT2D eigenvalue weighted by molar-refractivity contribution is 0.0997. The second kappa shape index (κ2) is 5.81. The Labute approximate surface area is 132 Å². The molecule has 114 valence electrons. The molecule has 0 heterocycles. The number of benzene rings is 3. The van der Waals surface area contributed by atoms with Crippen molar-refractivity contribution in [3.8, 4) is 5.75 Å². The Kier molecular flexibility index (Phi) is 3.68. The predicted molar refractivity (Wildman–Crippen MR) is 88.5 cm³/mol. The third-order valence-electron chi connectivity index (χ3n) is 3.52. The molecule has 0 aliphatic carbocycles. The quantitative estimate of drug-likeness (QED) is 0.694. The number of fused-ring (bicyclic) bond motifs is 1. The summed E-state index contributed by atoms with van der Waals surface area (Å²) in [5, 5.41) is 14.2. The van der Waals surface area contributed by atoms with Crippen LogP contribution in [0.5, 0.6) is 5.75 Å². The molecule has 0 unspecified atom stereocenters. The highest BCUT2D eigenvalue weighted by molar-refractivity contribution is 6.09. The number of nitrogens with one attached hydrogen (secondary N) is 1. The molecular weight excluding hydrogens is 292 g/mol. The van der Waals surface area contributed by atoms with E-state index in [1.54, 1.807) is 42.5 Å². The molecule has 0 aliphatic rings. The number of nitrogens with two attached hydrogens (primary N) is 1. The van der Waals surface area contributed by atoms with Gasteiger partial charge in [-0.05, 0) is 47.2 Å². The minimum atomic E-state index is -0.546. The summed E-state index contributed by atoms with van der Waals surface area (Å²) in [5.74, 6) is -1.10. The fraction of sp³-hybridized carbons (Fsp3) is 0. The van der Waals surface area contributed by atoms with E-state index in [2.05, 4.69) is 5.32 Å². The number of phenolic OH excluding ortho intramolecular Hbond substituents is 1. The number of anilines is 1. The van der Waals surface area contributed by atoms with Crippen molar-refractivity contribution in [3.63, 3.8) is 0 Å². The Hall–Kier alpha value is -3.34. The van der Waals surface area contributed by atoms with E-state index >= 15 is 0 Å².